The molecular weight excluding hydrogens is 376 g/mol. The molecule has 0 N–H and O–H groups in total. The summed E-state index contributed by atoms with van der Waals surface area (Å²) in [5, 5.41) is 0. The van der Waals surface area contributed by atoms with Crippen molar-refractivity contribution in [3.05, 3.63) is 24.3 Å². The lowest BCUT2D eigenvalue weighted by Gasteiger charge is -2.57. The van der Waals surface area contributed by atoms with Crippen molar-refractivity contribution in [1.82, 2.24) is 9.80 Å². The number of carbonyl (C=O) groups is 1. The van der Waals surface area contributed by atoms with E-state index in [-0.39, 0.29) is 5.41 Å². The Balaban J connectivity index is 1.05. The number of amides is 1. The fourth-order valence-electron chi connectivity index (χ4n) is 7.03. The summed E-state index contributed by atoms with van der Waals surface area (Å²) in [7, 11) is 1.67. The Labute approximate surface area is 180 Å². The van der Waals surface area contributed by atoms with Crippen LogP contribution in [-0.4, -0.2) is 62.1 Å². The molecule has 1 heterocycles. The van der Waals surface area contributed by atoms with Crippen molar-refractivity contribution in [2.75, 3.05) is 46.4 Å². The van der Waals surface area contributed by atoms with Crippen LogP contribution in [0.2, 0.25) is 0 Å². The number of ether oxygens (including phenoxy) is 2. The number of nitrogens with zero attached hydrogens (tertiary/aromatic N) is 2. The molecule has 1 aliphatic heterocycles. The van der Waals surface area contributed by atoms with E-state index in [1.54, 1.807) is 7.11 Å². The molecule has 0 spiro atoms. The largest absolute Gasteiger partial charge is 0.497 e. The van der Waals surface area contributed by atoms with Crippen molar-refractivity contribution in [1.29, 1.82) is 0 Å². The maximum absolute atomic E-state index is 13.5. The van der Waals surface area contributed by atoms with Gasteiger partial charge in [-0.15, -0.1) is 0 Å². The van der Waals surface area contributed by atoms with Crippen molar-refractivity contribution >= 4 is 5.91 Å². The molecule has 0 unspecified atom stereocenters. The van der Waals surface area contributed by atoms with Gasteiger partial charge in [0.2, 0.25) is 5.91 Å². The van der Waals surface area contributed by atoms with E-state index in [1.807, 2.05) is 24.3 Å². The molecule has 4 aliphatic carbocycles. The molecule has 6 rings (SSSR count). The summed E-state index contributed by atoms with van der Waals surface area (Å²) in [6, 6.07) is 7.76. The molecule has 1 saturated heterocycles. The minimum atomic E-state index is 0.0170. The Morgan fingerprint density at radius 3 is 2.07 bits per heavy atom. The van der Waals surface area contributed by atoms with Gasteiger partial charge in [0, 0.05) is 32.7 Å². The quantitative estimate of drug-likeness (QED) is 0.639. The SMILES string of the molecule is COc1ccc(OCCCN2CCN(C(=O)C34CC5CC(CC(C5)C3)C4)CC2)cc1. The molecule has 5 aliphatic rings. The van der Waals surface area contributed by atoms with Gasteiger partial charge in [0.25, 0.3) is 0 Å². The Kier molecular flexibility index (Phi) is 5.65. The predicted molar refractivity (Wildman–Crippen MR) is 117 cm³/mol. The molecule has 1 amide bonds. The van der Waals surface area contributed by atoms with E-state index >= 15 is 0 Å². The van der Waals surface area contributed by atoms with Crippen molar-refractivity contribution < 1.29 is 14.3 Å². The van der Waals surface area contributed by atoms with E-state index in [9.17, 15) is 4.79 Å². The van der Waals surface area contributed by atoms with Gasteiger partial charge < -0.3 is 14.4 Å². The highest BCUT2D eigenvalue weighted by atomic mass is 16.5. The molecule has 5 heteroatoms. The highest BCUT2D eigenvalue weighted by Crippen LogP contribution is 2.60. The second-order valence-corrected chi connectivity index (χ2v) is 10.2. The molecule has 1 aromatic rings. The maximum Gasteiger partial charge on any atom is 0.228 e. The first-order valence-electron chi connectivity index (χ1n) is 11.9. The van der Waals surface area contributed by atoms with Crippen LogP contribution in [0.5, 0.6) is 11.5 Å². The van der Waals surface area contributed by atoms with Gasteiger partial charge in [0.1, 0.15) is 11.5 Å². The lowest BCUT2D eigenvalue weighted by Crippen LogP contribution is -2.58. The van der Waals surface area contributed by atoms with E-state index < -0.39 is 0 Å². The lowest BCUT2D eigenvalue weighted by atomic mass is 9.49. The minimum Gasteiger partial charge on any atom is -0.497 e. The van der Waals surface area contributed by atoms with E-state index in [2.05, 4.69) is 9.80 Å². The Bertz CT molecular complexity index is 704. The smallest absolute Gasteiger partial charge is 0.228 e. The molecular formula is C25H36N2O3. The molecule has 0 aromatic heterocycles. The summed E-state index contributed by atoms with van der Waals surface area (Å²) in [5.74, 6) is 4.76. The average molecular weight is 413 g/mol. The summed E-state index contributed by atoms with van der Waals surface area (Å²) in [6.07, 6.45) is 8.76. The van der Waals surface area contributed by atoms with Gasteiger partial charge in [-0.25, -0.2) is 0 Å². The van der Waals surface area contributed by atoms with E-state index in [4.69, 9.17) is 9.47 Å². The summed E-state index contributed by atoms with van der Waals surface area (Å²) >= 11 is 0. The maximum atomic E-state index is 13.5. The van der Waals surface area contributed by atoms with Gasteiger partial charge in [-0.2, -0.15) is 0 Å². The standard InChI is InChI=1S/C25H36N2O3/c1-29-22-3-5-23(6-4-22)30-12-2-7-26-8-10-27(11-9-26)24(28)25-16-19-13-20(17-25)15-21(14-19)18-25/h3-6,19-21H,2,7-18H2,1H3. The average Bonchev–Trinajstić information content (AvgIpc) is 2.76. The van der Waals surface area contributed by atoms with Crippen LogP contribution in [0.4, 0.5) is 0 Å². The van der Waals surface area contributed by atoms with Gasteiger partial charge in [-0.3, -0.25) is 9.69 Å². The third-order valence-corrected chi connectivity index (χ3v) is 8.10. The van der Waals surface area contributed by atoms with Crippen molar-refractivity contribution in [2.45, 2.75) is 44.9 Å². The molecule has 0 atom stereocenters. The molecule has 164 valence electrons. The van der Waals surface area contributed by atoms with Crippen molar-refractivity contribution in [3.63, 3.8) is 0 Å². The lowest BCUT2D eigenvalue weighted by molar-refractivity contribution is -0.159. The molecule has 5 fully saturated rings. The van der Waals surface area contributed by atoms with Crippen LogP contribution in [0, 0.1) is 23.2 Å². The zero-order valence-electron chi connectivity index (χ0n) is 18.4. The molecule has 5 nitrogen and oxygen atoms in total. The van der Waals surface area contributed by atoms with Crippen LogP contribution in [0.1, 0.15) is 44.9 Å². The minimum absolute atomic E-state index is 0.0170. The summed E-state index contributed by atoms with van der Waals surface area (Å²) in [5.41, 5.74) is 0.0170. The summed E-state index contributed by atoms with van der Waals surface area (Å²) in [6.45, 7) is 5.56. The number of benzene rings is 1. The third kappa shape index (κ3) is 4.05. The molecule has 30 heavy (non-hydrogen) atoms. The Morgan fingerprint density at radius 1 is 0.933 bits per heavy atom. The van der Waals surface area contributed by atoms with Crippen LogP contribution < -0.4 is 9.47 Å². The van der Waals surface area contributed by atoms with Crippen molar-refractivity contribution in [2.24, 2.45) is 23.2 Å². The first kappa shape index (κ1) is 20.2. The molecule has 4 bridgehead atoms. The fraction of sp³-hybridized carbons (Fsp3) is 0.720. The Hall–Kier alpha value is -1.75. The topological polar surface area (TPSA) is 42.0 Å². The zero-order chi connectivity index (χ0) is 20.6. The van der Waals surface area contributed by atoms with E-state index in [0.717, 1.165) is 75.0 Å². The van der Waals surface area contributed by atoms with Gasteiger partial charge in [0.15, 0.2) is 0 Å². The van der Waals surface area contributed by atoms with Crippen LogP contribution in [0.25, 0.3) is 0 Å². The first-order valence-corrected chi connectivity index (χ1v) is 11.9. The molecule has 4 saturated carbocycles. The number of carbonyl (C=O) groups excluding carboxylic acids is 1. The van der Waals surface area contributed by atoms with Gasteiger partial charge in [0.05, 0.1) is 19.1 Å². The van der Waals surface area contributed by atoms with E-state index in [1.165, 1.54) is 38.5 Å². The molecule has 0 radical (unpaired) electrons. The monoisotopic (exact) mass is 412 g/mol. The van der Waals surface area contributed by atoms with Crippen LogP contribution in [-0.2, 0) is 4.79 Å². The van der Waals surface area contributed by atoms with Gasteiger partial charge >= 0.3 is 0 Å². The van der Waals surface area contributed by atoms with E-state index in [0.29, 0.717) is 5.91 Å². The van der Waals surface area contributed by atoms with Crippen LogP contribution in [0.15, 0.2) is 24.3 Å². The zero-order valence-corrected chi connectivity index (χ0v) is 18.4. The highest BCUT2D eigenvalue weighted by molar-refractivity contribution is 5.83. The number of rotatable bonds is 7. The highest BCUT2D eigenvalue weighted by Gasteiger charge is 2.55. The second kappa shape index (κ2) is 8.41. The van der Waals surface area contributed by atoms with Crippen LogP contribution >= 0.6 is 0 Å². The number of hydrogen-bond donors (Lipinski definition) is 0. The molecule has 1 aromatic carbocycles. The number of piperazine rings is 1. The third-order valence-electron chi connectivity index (χ3n) is 8.10. The number of methoxy groups -OCH3 is 1. The Morgan fingerprint density at radius 2 is 1.50 bits per heavy atom. The number of hydrogen-bond acceptors (Lipinski definition) is 4. The first-order chi connectivity index (χ1) is 14.6. The predicted octanol–water partition coefficient (Wildman–Crippen LogP) is 3.82. The van der Waals surface area contributed by atoms with Crippen LogP contribution in [0.3, 0.4) is 0 Å². The summed E-state index contributed by atoms with van der Waals surface area (Å²) in [4.78, 5) is 18.2. The van der Waals surface area contributed by atoms with Crippen molar-refractivity contribution in [3.8, 4) is 11.5 Å². The normalized spacial score (nSPS) is 33.0. The summed E-state index contributed by atoms with van der Waals surface area (Å²) < 4.78 is 11.0. The fourth-order valence-corrected chi connectivity index (χ4v) is 7.03. The second-order valence-electron chi connectivity index (χ2n) is 10.2. The van der Waals surface area contributed by atoms with Gasteiger partial charge in [-0.05, 0) is 87.0 Å². The van der Waals surface area contributed by atoms with Gasteiger partial charge in [-0.1, -0.05) is 0 Å².